The number of benzene rings is 2. The van der Waals surface area contributed by atoms with E-state index in [2.05, 4.69) is 5.32 Å². The number of nitro groups is 1. The number of aliphatic carboxylic acids is 1. The first-order valence-corrected chi connectivity index (χ1v) is 8.28. The molecule has 0 heterocycles. The predicted octanol–water partition coefficient (Wildman–Crippen LogP) is 3.39. The highest BCUT2D eigenvalue weighted by molar-refractivity contribution is 5.70. The van der Waals surface area contributed by atoms with Gasteiger partial charge in [-0.3, -0.25) is 14.9 Å². The van der Waals surface area contributed by atoms with Crippen molar-refractivity contribution in [1.82, 2.24) is 5.32 Å². The number of carbonyl (C=O) groups excluding carboxylic acids is 1. The molecule has 2 rings (SSSR count). The first-order chi connectivity index (χ1) is 12.9. The van der Waals surface area contributed by atoms with Crippen molar-refractivity contribution in [3.05, 3.63) is 75.3 Å². The summed E-state index contributed by atoms with van der Waals surface area (Å²) in [6.07, 6.45) is -0.960. The molecular formula is C19H20N2O6. The second-order valence-electron chi connectivity index (χ2n) is 6.04. The van der Waals surface area contributed by atoms with Crippen LogP contribution in [-0.4, -0.2) is 28.6 Å². The smallest absolute Gasteiger partial charge is 0.407 e. The Labute approximate surface area is 155 Å². The molecule has 0 bridgehead atoms. The van der Waals surface area contributed by atoms with Gasteiger partial charge in [-0.15, -0.1) is 0 Å². The molecular weight excluding hydrogens is 352 g/mol. The number of ether oxygens (including phenoxy) is 1. The van der Waals surface area contributed by atoms with Crippen LogP contribution in [0.3, 0.4) is 0 Å². The Morgan fingerprint density at radius 2 is 1.93 bits per heavy atom. The molecule has 0 aliphatic heterocycles. The number of aryl methyl sites for hydroxylation is 1. The number of nitrogens with zero attached hydrogens (tertiary/aromatic N) is 1. The molecule has 0 aromatic heterocycles. The lowest BCUT2D eigenvalue weighted by molar-refractivity contribution is -0.384. The fourth-order valence-corrected chi connectivity index (χ4v) is 2.66. The van der Waals surface area contributed by atoms with Crippen molar-refractivity contribution in [2.24, 2.45) is 0 Å². The Balaban J connectivity index is 2.04. The minimum atomic E-state index is -1.06. The average molecular weight is 372 g/mol. The van der Waals surface area contributed by atoms with Crippen LogP contribution < -0.4 is 5.32 Å². The summed E-state index contributed by atoms with van der Waals surface area (Å²) in [5.41, 5.74) is 1.92. The van der Waals surface area contributed by atoms with Gasteiger partial charge >= 0.3 is 12.1 Å². The van der Waals surface area contributed by atoms with Gasteiger partial charge in [-0.05, 0) is 23.6 Å². The van der Waals surface area contributed by atoms with Crippen LogP contribution in [0.1, 0.15) is 29.0 Å². The van der Waals surface area contributed by atoms with Crippen molar-refractivity contribution in [3.8, 4) is 0 Å². The topological polar surface area (TPSA) is 119 Å². The van der Waals surface area contributed by atoms with E-state index < -0.39 is 22.9 Å². The molecule has 0 aliphatic carbocycles. The normalized spacial score (nSPS) is 11.4. The molecule has 0 spiro atoms. The zero-order valence-corrected chi connectivity index (χ0v) is 14.8. The average Bonchev–Trinajstić information content (AvgIpc) is 2.64. The lowest BCUT2D eigenvalue weighted by Crippen LogP contribution is -2.30. The summed E-state index contributed by atoms with van der Waals surface area (Å²) in [6.45, 7) is 1.82. The standard InChI is InChI=1S/C19H20N2O6/c1-13-7-8-16(21(25)26)10-17(13)15(9-18(22)23)11-20-19(24)27-12-14-5-3-2-4-6-14/h2-8,10,15H,9,11-12H2,1H3,(H,20,24)(H,22,23). The number of hydrogen-bond acceptors (Lipinski definition) is 5. The quantitative estimate of drug-likeness (QED) is 0.541. The summed E-state index contributed by atoms with van der Waals surface area (Å²) in [6, 6.07) is 13.4. The molecule has 0 saturated carbocycles. The number of carboxylic acids is 1. The molecule has 0 radical (unpaired) electrons. The second-order valence-corrected chi connectivity index (χ2v) is 6.04. The number of nitro benzene ring substituents is 1. The fraction of sp³-hybridized carbons (Fsp3) is 0.263. The van der Waals surface area contributed by atoms with Crippen molar-refractivity contribution < 1.29 is 24.4 Å². The number of rotatable bonds is 8. The van der Waals surface area contributed by atoms with E-state index in [4.69, 9.17) is 9.84 Å². The molecule has 1 amide bonds. The molecule has 8 heteroatoms. The third-order valence-corrected chi connectivity index (χ3v) is 4.04. The highest BCUT2D eigenvalue weighted by Gasteiger charge is 2.21. The van der Waals surface area contributed by atoms with E-state index >= 15 is 0 Å². The first kappa shape index (κ1) is 19.9. The summed E-state index contributed by atoms with van der Waals surface area (Å²) >= 11 is 0. The monoisotopic (exact) mass is 372 g/mol. The second kappa shape index (κ2) is 9.33. The molecule has 0 aliphatic rings. The van der Waals surface area contributed by atoms with E-state index in [0.717, 1.165) is 5.56 Å². The highest BCUT2D eigenvalue weighted by atomic mass is 16.6. The number of amides is 1. The summed E-state index contributed by atoms with van der Waals surface area (Å²) in [5.74, 6) is -1.68. The van der Waals surface area contributed by atoms with Gasteiger partial charge < -0.3 is 15.2 Å². The maximum absolute atomic E-state index is 11.9. The van der Waals surface area contributed by atoms with Crippen LogP contribution in [0, 0.1) is 17.0 Å². The lowest BCUT2D eigenvalue weighted by Gasteiger charge is -2.18. The van der Waals surface area contributed by atoms with Gasteiger partial charge in [-0.2, -0.15) is 0 Å². The maximum atomic E-state index is 11.9. The Kier molecular flexibility index (Phi) is 6.87. The van der Waals surface area contributed by atoms with Gasteiger partial charge in [0.1, 0.15) is 6.61 Å². The van der Waals surface area contributed by atoms with Gasteiger partial charge in [0, 0.05) is 24.6 Å². The largest absolute Gasteiger partial charge is 0.481 e. The summed E-state index contributed by atoms with van der Waals surface area (Å²) in [4.78, 5) is 33.6. The van der Waals surface area contributed by atoms with Crippen LogP contribution in [0.5, 0.6) is 0 Å². The van der Waals surface area contributed by atoms with Gasteiger partial charge in [0.05, 0.1) is 11.3 Å². The van der Waals surface area contributed by atoms with E-state index in [0.29, 0.717) is 11.1 Å². The predicted molar refractivity (Wildman–Crippen MR) is 97.5 cm³/mol. The van der Waals surface area contributed by atoms with Crippen LogP contribution in [0.15, 0.2) is 48.5 Å². The van der Waals surface area contributed by atoms with Crippen LogP contribution in [0.25, 0.3) is 0 Å². The van der Waals surface area contributed by atoms with Crippen LogP contribution in [0.2, 0.25) is 0 Å². The van der Waals surface area contributed by atoms with Gasteiger partial charge in [0.25, 0.3) is 5.69 Å². The van der Waals surface area contributed by atoms with Crippen molar-refractivity contribution in [1.29, 1.82) is 0 Å². The minimum absolute atomic E-state index is 0.0120. The SMILES string of the molecule is Cc1ccc([N+](=O)[O-])cc1C(CNC(=O)OCc1ccccc1)CC(=O)O. The maximum Gasteiger partial charge on any atom is 0.407 e. The fourth-order valence-electron chi connectivity index (χ4n) is 2.66. The number of non-ortho nitro benzene ring substituents is 1. The van der Waals surface area contributed by atoms with Crippen molar-refractivity contribution in [2.75, 3.05) is 6.54 Å². The Bertz CT molecular complexity index is 822. The molecule has 0 saturated heterocycles. The number of nitrogens with one attached hydrogen (secondary N) is 1. The number of carbonyl (C=O) groups is 2. The van der Waals surface area contributed by atoms with Crippen LogP contribution in [-0.2, 0) is 16.1 Å². The molecule has 1 atom stereocenters. The molecule has 2 aromatic carbocycles. The van der Waals surface area contributed by atoms with Gasteiger partial charge in [-0.25, -0.2) is 4.79 Å². The summed E-state index contributed by atoms with van der Waals surface area (Å²) in [5, 5.41) is 22.7. The van der Waals surface area contributed by atoms with E-state index in [1.807, 2.05) is 30.3 Å². The summed E-state index contributed by atoms with van der Waals surface area (Å²) in [7, 11) is 0. The van der Waals surface area contributed by atoms with Crippen LogP contribution >= 0.6 is 0 Å². The number of carboxylic acid groups (broad SMARTS) is 1. The molecule has 1 unspecified atom stereocenters. The van der Waals surface area contributed by atoms with Crippen molar-refractivity contribution in [3.63, 3.8) is 0 Å². The molecule has 8 nitrogen and oxygen atoms in total. The summed E-state index contributed by atoms with van der Waals surface area (Å²) < 4.78 is 5.11. The number of alkyl carbamates (subject to hydrolysis) is 1. The molecule has 2 N–H and O–H groups in total. The third kappa shape index (κ3) is 6.10. The lowest BCUT2D eigenvalue weighted by atomic mass is 9.91. The first-order valence-electron chi connectivity index (χ1n) is 8.28. The number of hydrogen-bond donors (Lipinski definition) is 2. The molecule has 142 valence electrons. The zero-order valence-electron chi connectivity index (χ0n) is 14.8. The Hall–Kier alpha value is -3.42. The zero-order chi connectivity index (χ0) is 19.8. The van der Waals surface area contributed by atoms with Gasteiger partial charge in [-0.1, -0.05) is 36.4 Å². The van der Waals surface area contributed by atoms with Crippen molar-refractivity contribution in [2.45, 2.75) is 25.9 Å². The van der Waals surface area contributed by atoms with E-state index in [-0.39, 0.29) is 25.3 Å². The Morgan fingerprint density at radius 3 is 2.56 bits per heavy atom. The van der Waals surface area contributed by atoms with E-state index in [1.165, 1.54) is 12.1 Å². The third-order valence-electron chi connectivity index (χ3n) is 4.04. The molecule has 2 aromatic rings. The van der Waals surface area contributed by atoms with Gasteiger partial charge in [0.15, 0.2) is 0 Å². The van der Waals surface area contributed by atoms with E-state index in [9.17, 15) is 19.7 Å². The minimum Gasteiger partial charge on any atom is -0.481 e. The van der Waals surface area contributed by atoms with E-state index in [1.54, 1.807) is 13.0 Å². The van der Waals surface area contributed by atoms with Crippen LogP contribution in [0.4, 0.5) is 10.5 Å². The molecule has 27 heavy (non-hydrogen) atoms. The Morgan fingerprint density at radius 1 is 1.22 bits per heavy atom. The van der Waals surface area contributed by atoms with Gasteiger partial charge in [0.2, 0.25) is 0 Å². The highest BCUT2D eigenvalue weighted by Crippen LogP contribution is 2.27. The van der Waals surface area contributed by atoms with Crippen molar-refractivity contribution >= 4 is 17.7 Å². The molecule has 0 fully saturated rings.